The second-order valence-corrected chi connectivity index (χ2v) is 6.35. The van der Waals surface area contributed by atoms with Crippen molar-refractivity contribution in [2.75, 3.05) is 13.2 Å². The van der Waals surface area contributed by atoms with Gasteiger partial charge in [-0.1, -0.05) is 12.1 Å². The van der Waals surface area contributed by atoms with E-state index in [0.717, 1.165) is 12.0 Å². The number of carbonyl (C=O) groups excluding carboxylic acids is 1. The standard InChI is InChI=1S/C19H19N5O2/c25-19(15-3-1-14(2-4-15)18-21-12-22-24-18)23-17-11-26-10-16(17)9-13-5-7-20-8-6-13/h1-8,12,16-17H,9-11H2,(H,23,25)(H,21,22,24)/t16-,17-/m1/s1. The first-order valence-corrected chi connectivity index (χ1v) is 8.53. The van der Waals surface area contributed by atoms with Crippen LogP contribution in [0.2, 0.25) is 0 Å². The predicted molar refractivity (Wildman–Crippen MR) is 95.3 cm³/mol. The molecule has 1 fully saturated rings. The number of rotatable bonds is 5. The first kappa shape index (κ1) is 16.4. The van der Waals surface area contributed by atoms with Gasteiger partial charge in [0.25, 0.3) is 5.91 Å². The number of aromatic amines is 1. The van der Waals surface area contributed by atoms with Gasteiger partial charge in [0, 0.05) is 29.4 Å². The van der Waals surface area contributed by atoms with Gasteiger partial charge in [-0.05, 0) is 36.2 Å². The van der Waals surface area contributed by atoms with Crippen LogP contribution in [0.5, 0.6) is 0 Å². The Hall–Kier alpha value is -3.06. The van der Waals surface area contributed by atoms with E-state index in [0.29, 0.717) is 24.6 Å². The lowest BCUT2D eigenvalue weighted by atomic mass is 9.95. The molecule has 3 aromatic rings. The van der Waals surface area contributed by atoms with Crippen molar-refractivity contribution >= 4 is 5.91 Å². The van der Waals surface area contributed by atoms with Gasteiger partial charge in [-0.25, -0.2) is 4.98 Å². The van der Waals surface area contributed by atoms with Crippen LogP contribution in [0.1, 0.15) is 15.9 Å². The van der Waals surface area contributed by atoms with E-state index in [9.17, 15) is 4.79 Å². The van der Waals surface area contributed by atoms with Gasteiger partial charge in [-0.3, -0.25) is 14.9 Å². The van der Waals surface area contributed by atoms with Crippen molar-refractivity contribution in [2.24, 2.45) is 5.92 Å². The third kappa shape index (κ3) is 3.62. The van der Waals surface area contributed by atoms with Crippen LogP contribution in [-0.4, -0.2) is 45.3 Å². The zero-order chi connectivity index (χ0) is 17.8. The molecule has 0 spiro atoms. The van der Waals surface area contributed by atoms with Crippen molar-refractivity contribution in [3.8, 4) is 11.4 Å². The van der Waals surface area contributed by atoms with Crippen molar-refractivity contribution < 1.29 is 9.53 Å². The Kier molecular flexibility index (Phi) is 4.70. The molecule has 132 valence electrons. The number of ether oxygens (including phenoxy) is 1. The summed E-state index contributed by atoms with van der Waals surface area (Å²) >= 11 is 0. The Balaban J connectivity index is 1.40. The van der Waals surface area contributed by atoms with Crippen molar-refractivity contribution in [3.05, 3.63) is 66.2 Å². The molecule has 0 unspecified atom stereocenters. The van der Waals surface area contributed by atoms with E-state index >= 15 is 0 Å². The second kappa shape index (κ2) is 7.45. The summed E-state index contributed by atoms with van der Waals surface area (Å²) in [5.74, 6) is 0.845. The number of nitrogens with zero attached hydrogens (tertiary/aromatic N) is 3. The largest absolute Gasteiger partial charge is 0.379 e. The Morgan fingerprint density at radius 1 is 1.15 bits per heavy atom. The summed E-state index contributed by atoms with van der Waals surface area (Å²) in [4.78, 5) is 20.7. The molecule has 0 saturated carbocycles. The van der Waals surface area contributed by atoms with Crippen LogP contribution >= 0.6 is 0 Å². The molecule has 2 aromatic heterocycles. The molecule has 1 aliphatic rings. The summed E-state index contributed by atoms with van der Waals surface area (Å²) in [5, 5.41) is 9.75. The number of H-pyrrole nitrogens is 1. The summed E-state index contributed by atoms with van der Waals surface area (Å²) in [6.07, 6.45) is 5.89. The molecular formula is C19H19N5O2. The topological polar surface area (TPSA) is 92.8 Å². The van der Waals surface area contributed by atoms with Gasteiger partial charge in [-0.15, -0.1) is 0 Å². The number of nitrogens with one attached hydrogen (secondary N) is 2. The Bertz CT molecular complexity index is 849. The maximum Gasteiger partial charge on any atom is 0.251 e. The van der Waals surface area contributed by atoms with Gasteiger partial charge < -0.3 is 10.1 Å². The number of benzene rings is 1. The number of carbonyl (C=O) groups is 1. The minimum absolute atomic E-state index is 0.00427. The monoisotopic (exact) mass is 349 g/mol. The Morgan fingerprint density at radius 3 is 2.69 bits per heavy atom. The Morgan fingerprint density at radius 2 is 1.96 bits per heavy atom. The van der Waals surface area contributed by atoms with E-state index in [1.807, 2.05) is 24.3 Å². The van der Waals surface area contributed by atoms with Crippen LogP contribution in [0.3, 0.4) is 0 Å². The molecule has 7 heteroatoms. The molecule has 1 saturated heterocycles. The van der Waals surface area contributed by atoms with Gasteiger partial charge in [-0.2, -0.15) is 5.10 Å². The Labute approximate surface area is 150 Å². The molecule has 0 bridgehead atoms. The molecule has 26 heavy (non-hydrogen) atoms. The summed E-state index contributed by atoms with van der Waals surface area (Å²) < 4.78 is 5.60. The van der Waals surface area contributed by atoms with Crippen molar-refractivity contribution in [2.45, 2.75) is 12.5 Å². The van der Waals surface area contributed by atoms with E-state index in [-0.39, 0.29) is 17.9 Å². The van der Waals surface area contributed by atoms with Gasteiger partial charge in [0.2, 0.25) is 0 Å². The fraction of sp³-hybridized carbons (Fsp3) is 0.263. The summed E-state index contributed by atoms with van der Waals surface area (Å²) in [6, 6.07) is 11.3. The number of aromatic nitrogens is 4. The lowest BCUT2D eigenvalue weighted by molar-refractivity contribution is 0.0925. The zero-order valence-corrected chi connectivity index (χ0v) is 14.1. The van der Waals surface area contributed by atoms with Crippen LogP contribution in [-0.2, 0) is 11.2 Å². The highest BCUT2D eigenvalue weighted by atomic mass is 16.5. The number of amides is 1. The SMILES string of the molecule is O=C(N[C@@H]1COC[C@H]1Cc1ccncc1)c1ccc(-c2ncn[nH]2)cc1. The van der Waals surface area contributed by atoms with Crippen LogP contribution in [0, 0.1) is 5.92 Å². The minimum Gasteiger partial charge on any atom is -0.379 e. The average molecular weight is 349 g/mol. The molecule has 2 atom stereocenters. The van der Waals surface area contributed by atoms with Crippen LogP contribution < -0.4 is 5.32 Å². The lowest BCUT2D eigenvalue weighted by Crippen LogP contribution is -2.40. The zero-order valence-electron chi connectivity index (χ0n) is 14.1. The van der Waals surface area contributed by atoms with Gasteiger partial charge in [0.15, 0.2) is 5.82 Å². The van der Waals surface area contributed by atoms with E-state index in [2.05, 4.69) is 25.5 Å². The van der Waals surface area contributed by atoms with E-state index in [1.54, 1.807) is 24.5 Å². The molecule has 0 aliphatic carbocycles. The average Bonchev–Trinajstić information content (AvgIpc) is 3.35. The molecule has 1 aliphatic heterocycles. The van der Waals surface area contributed by atoms with Crippen molar-refractivity contribution in [1.82, 2.24) is 25.5 Å². The minimum atomic E-state index is -0.0932. The highest BCUT2D eigenvalue weighted by Gasteiger charge is 2.29. The molecule has 1 aromatic carbocycles. The summed E-state index contributed by atoms with van der Waals surface area (Å²) in [6.45, 7) is 1.19. The fourth-order valence-corrected chi connectivity index (χ4v) is 3.16. The van der Waals surface area contributed by atoms with E-state index < -0.39 is 0 Å². The molecule has 7 nitrogen and oxygen atoms in total. The smallest absolute Gasteiger partial charge is 0.251 e. The third-order valence-corrected chi connectivity index (χ3v) is 4.60. The number of hydrogen-bond donors (Lipinski definition) is 2. The molecule has 3 heterocycles. The quantitative estimate of drug-likeness (QED) is 0.733. The molecular weight excluding hydrogens is 330 g/mol. The van der Waals surface area contributed by atoms with Crippen LogP contribution in [0.25, 0.3) is 11.4 Å². The van der Waals surface area contributed by atoms with E-state index in [1.165, 1.54) is 11.9 Å². The van der Waals surface area contributed by atoms with Gasteiger partial charge in [0.05, 0.1) is 19.3 Å². The first-order chi connectivity index (χ1) is 12.8. The number of hydrogen-bond acceptors (Lipinski definition) is 5. The fourth-order valence-electron chi connectivity index (χ4n) is 3.16. The third-order valence-electron chi connectivity index (χ3n) is 4.60. The van der Waals surface area contributed by atoms with Crippen LogP contribution in [0.15, 0.2) is 55.1 Å². The highest BCUT2D eigenvalue weighted by molar-refractivity contribution is 5.94. The molecule has 1 amide bonds. The normalized spacial score (nSPS) is 19.4. The maximum absolute atomic E-state index is 12.6. The number of pyridine rings is 1. The van der Waals surface area contributed by atoms with E-state index in [4.69, 9.17) is 4.74 Å². The second-order valence-electron chi connectivity index (χ2n) is 6.35. The molecule has 4 rings (SSSR count). The summed E-state index contributed by atoms with van der Waals surface area (Å²) in [5.41, 5.74) is 2.70. The van der Waals surface area contributed by atoms with Gasteiger partial charge in [0.1, 0.15) is 6.33 Å². The molecule has 2 N–H and O–H groups in total. The maximum atomic E-state index is 12.6. The van der Waals surface area contributed by atoms with Crippen molar-refractivity contribution in [3.63, 3.8) is 0 Å². The van der Waals surface area contributed by atoms with Crippen LogP contribution in [0.4, 0.5) is 0 Å². The summed E-state index contributed by atoms with van der Waals surface area (Å²) in [7, 11) is 0. The first-order valence-electron chi connectivity index (χ1n) is 8.53. The highest BCUT2D eigenvalue weighted by Crippen LogP contribution is 2.20. The molecule has 0 radical (unpaired) electrons. The van der Waals surface area contributed by atoms with Gasteiger partial charge >= 0.3 is 0 Å². The predicted octanol–water partition coefficient (Wildman–Crippen LogP) is 1.85. The lowest BCUT2D eigenvalue weighted by Gasteiger charge is -2.19. The van der Waals surface area contributed by atoms with Crippen molar-refractivity contribution in [1.29, 1.82) is 0 Å².